The zero-order valence-corrected chi connectivity index (χ0v) is 16.3. The highest BCUT2D eigenvalue weighted by atomic mass is 16.2. The van der Waals surface area contributed by atoms with Crippen LogP contribution in [-0.2, 0) is 23.3 Å². The second-order valence-electron chi connectivity index (χ2n) is 7.89. The zero-order chi connectivity index (χ0) is 19.3. The van der Waals surface area contributed by atoms with Crippen LogP contribution in [0.5, 0.6) is 0 Å². The molecule has 0 spiro atoms. The summed E-state index contributed by atoms with van der Waals surface area (Å²) < 4.78 is 0. The van der Waals surface area contributed by atoms with Gasteiger partial charge in [-0.2, -0.15) is 0 Å². The van der Waals surface area contributed by atoms with Crippen molar-refractivity contribution >= 4 is 11.7 Å². The Morgan fingerprint density at radius 2 is 1.42 bits per heavy atom. The Morgan fingerprint density at radius 1 is 0.885 bits per heavy atom. The van der Waals surface area contributed by atoms with Crippen LogP contribution in [0.25, 0.3) is 0 Å². The van der Waals surface area contributed by atoms with Gasteiger partial charge in [-0.1, -0.05) is 69.3 Å². The first-order valence-electron chi connectivity index (χ1n) is 8.82. The Labute approximate surface area is 156 Å². The normalized spacial score (nSPS) is 11.5. The molecule has 4 heteroatoms. The predicted molar refractivity (Wildman–Crippen MR) is 105 cm³/mol. The van der Waals surface area contributed by atoms with E-state index in [1.165, 1.54) is 5.56 Å². The summed E-state index contributed by atoms with van der Waals surface area (Å²) in [4.78, 5) is 26.5. The van der Waals surface area contributed by atoms with Crippen molar-refractivity contribution in [1.82, 2.24) is 10.2 Å². The summed E-state index contributed by atoms with van der Waals surface area (Å²) in [7, 11) is 4.04. The van der Waals surface area contributed by atoms with E-state index < -0.39 is 11.7 Å². The number of amides is 1. The number of rotatable bonds is 6. The summed E-state index contributed by atoms with van der Waals surface area (Å²) in [5.41, 5.74) is 3.74. The quantitative estimate of drug-likeness (QED) is 0.639. The molecule has 0 radical (unpaired) electrons. The minimum Gasteiger partial charge on any atom is -0.345 e. The molecule has 0 aliphatic carbocycles. The number of carbonyl (C=O) groups excluding carboxylic acids is 2. The fourth-order valence-electron chi connectivity index (χ4n) is 2.64. The number of nitrogens with zero attached hydrogens (tertiary/aromatic N) is 1. The molecule has 2 aromatic rings. The van der Waals surface area contributed by atoms with Gasteiger partial charge in [-0.15, -0.1) is 0 Å². The van der Waals surface area contributed by atoms with Crippen molar-refractivity contribution in [2.45, 2.75) is 39.3 Å². The Bertz CT molecular complexity index is 754. The van der Waals surface area contributed by atoms with Gasteiger partial charge in [0.1, 0.15) is 0 Å². The molecule has 0 aromatic heterocycles. The van der Waals surface area contributed by atoms with Gasteiger partial charge in [-0.05, 0) is 36.2 Å². The number of Topliss-reactive ketones (excluding diaryl/α,β-unsaturated/α-hetero) is 1. The standard InChI is InChI=1S/C22H28N2O2/c1-22(2,3)19-12-10-18(11-13-19)20(25)21(26)23-14-16-6-8-17(9-7-16)15-24(4)5/h6-13H,14-15H2,1-5H3,(H,23,26). The van der Waals surface area contributed by atoms with Crippen molar-refractivity contribution in [2.24, 2.45) is 0 Å². The van der Waals surface area contributed by atoms with Crippen molar-refractivity contribution in [1.29, 1.82) is 0 Å². The van der Waals surface area contributed by atoms with Crippen LogP contribution in [0.4, 0.5) is 0 Å². The van der Waals surface area contributed by atoms with Crippen LogP contribution in [0.3, 0.4) is 0 Å². The molecule has 26 heavy (non-hydrogen) atoms. The van der Waals surface area contributed by atoms with Gasteiger partial charge >= 0.3 is 0 Å². The van der Waals surface area contributed by atoms with Gasteiger partial charge < -0.3 is 10.2 Å². The van der Waals surface area contributed by atoms with Crippen LogP contribution in [0.1, 0.15) is 47.8 Å². The second kappa shape index (κ2) is 8.28. The van der Waals surface area contributed by atoms with E-state index in [1.807, 2.05) is 50.5 Å². The molecule has 0 fully saturated rings. The number of benzene rings is 2. The summed E-state index contributed by atoms with van der Waals surface area (Å²) in [5, 5.41) is 2.70. The third-order valence-corrected chi connectivity index (χ3v) is 4.19. The molecule has 4 nitrogen and oxygen atoms in total. The average molecular weight is 352 g/mol. The molecule has 0 bridgehead atoms. The van der Waals surface area contributed by atoms with Crippen LogP contribution in [0.15, 0.2) is 48.5 Å². The number of carbonyl (C=O) groups is 2. The molecule has 138 valence electrons. The van der Waals surface area contributed by atoms with E-state index in [9.17, 15) is 9.59 Å². The van der Waals surface area contributed by atoms with Gasteiger partial charge in [0.05, 0.1) is 0 Å². The Balaban J connectivity index is 1.94. The Kier molecular flexibility index (Phi) is 6.32. The number of ketones is 1. The Hall–Kier alpha value is -2.46. The van der Waals surface area contributed by atoms with Crippen LogP contribution >= 0.6 is 0 Å². The van der Waals surface area contributed by atoms with Crippen molar-refractivity contribution in [2.75, 3.05) is 14.1 Å². The molecule has 0 aliphatic heterocycles. The van der Waals surface area contributed by atoms with Crippen molar-refractivity contribution in [3.05, 3.63) is 70.8 Å². The topological polar surface area (TPSA) is 49.4 Å². The molecular weight excluding hydrogens is 324 g/mol. The van der Waals surface area contributed by atoms with Crippen molar-refractivity contribution in [3.63, 3.8) is 0 Å². The molecule has 0 saturated carbocycles. The SMILES string of the molecule is CN(C)Cc1ccc(CNC(=O)C(=O)c2ccc(C(C)(C)C)cc2)cc1. The van der Waals surface area contributed by atoms with E-state index >= 15 is 0 Å². The fourth-order valence-corrected chi connectivity index (χ4v) is 2.64. The first-order chi connectivity index (χ1) is 12.2. The molecule has 1 amide bonds. The summed E-state index contributed by atoms with van der Waals surface area (Å²) in [6, 6.07) is 15.3. The lowest BCUT2D eigenvalue weighted by atomic mass is 9.86. The summed E-state index contributed by atoms with van der Waals surface area (Å²) in [6.07, 6.45) is 0. The van der Waals surface area contributed by atoms with Gasteiger partial charge in [0.2, 0.25) is 5.78 Å². The maximum Gasteiger partial charge on any atom is 0.292 e. The molecule has 0 aliphatic rings. The zero-order valence-electron chi connectivity index (χ0n) is 16.3. The predicted octanol–water partition coefficient (Wildman–Crippen LogP) is 3.54. The lowest BCUT2D eigenvalue weighted by Crippen LogP contribution is -2.30. The number of nitrogens with one attached hydrogen (secondary N) is 1. The summed E-state index contributed by atoms with van der Waals surface area (Å²) >= 11 is 0. The molecule has 2 rings (SSSR count). The van der Waals surface area contributed by atoms with Crippen LogP contribution in [0, 0.1) is 0 Å². The van der Waals surface area contributed by atoms with Gasteiger partial charge in [-0.25, -0.2) is 0 Å². The highest BCUT2D eigenvalue weighted by molar-refractivity contribution is 6.42. The maximum absolute atomic E-state index is 12.3. The lowest BCUT2D eigenvalue weighted by molar-refractivity contribution is -0.117. The number of hydrogen-bond donors (Lipinski definition) is 1. The maximum atomic E-state index is 12.3. The molecule has 0 saturated heterocycles. The van der Waals surface area contributed by atoms with E-state index in [1.54, 1.807) is 12.1 Å². The van der Waals surface area contributed by atoms with Crippen LogP contribution in [-0.4, -0.2) is 30.7 Å². The van der Waals surface area contributed by atoms with Gasteiger partial charge in [0, 0.05) is 18.7 Å². The highest BCUT2D eigenvalue weighted by Crippen LogP contribution is 2.22. The molecule has 0 unspecified atom stereocenters. The van der Waals surface area contributed by atoms with E-state index in [0.29, 0.717) is 12.1 Å². The number of hydrogen-bond acceptors (Lipinski definition) is 3. The van der Waals surface area contributed by atoms with Gasteiger partial charge in [0.25, 0.3) is 5.91 Å². The van der Waals surface area contributed by atoms with E-state index in [-0.39, 0.29) is 5.41 Å². The third-order valence-electron chi connectivity index (χ3n) is 4.19. The third kappa shape index (κ3) is 5.53. The van der Waals surface area contributed by atoms with Gasteiger partial charge in [-0.3, -0.25) is 9.59 Å². The average Bonchev–Trinajstić information content (AvgIpc) is 2.59. The minimum absolute atomic E-state index is 0.0165. The second-order valence-corrected chi connectivity index (χ2v) is 7.89. The van der Waals surface area contributed by atoms with Crippen LogP contribution < -0.4 is 5.32 Å². The molecule has 0 heterocycles. The van der Waals surface area contributed by atoms with E-state index in [2.05, 4.69) is 31.0 Å². The monoisotopic (exact) mass is 352 g/mol. The smallest absolute Gasteiger partial charge is 0.292 e. The molecule has 0 atom stereocenters. The lowest BCUT2D eigenvalue weighted by Gasteiger charge is -2.18. The highest BCUT2D eigenvalue weighted by Gasteiger charge is 2.18. The summed E-state index contributed by atoms with van der Waals surface area (Å²) in [5.74, 6) is -1.08. The fraction of sp³-hybridized carbons (Fsp3) is 0.364. The van der Waals surface area contributed by atoms with Crippen molar-refractivity contribution in [3.8, 4) is 0 Å². The van der Waals surface area contributed by atoms with E-state index in [4.69, 9.17) is 0 Å². The Morgan fingerprint density at radius 3 is 1.92 bits per heavy atom. The molecule has 2 aromatic carbocycles. The van der Waals surface area contributed by atoms with Crippen LogP contribution in [0.2, 0.25) is 0 Å². The first kappa shape index (κ1) is 19.9. The minimum atomic E-state index is -0.578. The molecule has 1 N–H and O–H groups in total. The molecular formula is C22H28N2O2. The van der Waals surface area contributed by atoms with Gasteiger partial charge in [0.15, 0.2) is 0 Å². The van der Waals surface area contributed by atoms with E-state index in [0.717, 1.165) is 17.7 Å². The summed E-state index contributed by atoms with van der Waals surface area (Å²) in [6.45, 7) is 7.55. The largest absolute Gasteiger partial charge is 0.345 e. The first-order valence-corrected chi connectivity index (χ1v) is 8.82. The van der Waals surface area contributed by atoms with Crippen molar-refractivity contribution < 1.29 is 9.59 Å².